The van der Waals surface area contributed by atoms with Gasteiger partial charge in [-0.1, -0.05) is 189 Å². The van der Waals surface area contributed by atoms with E-state index in [-0.39, 0.29) is 0 Å². The minimum Gasteiger partial charge on any atom is -0.255 e. The van der Waals surface area contributed by atoms with Gasteiger partial charge in [0.15, 0.2) is 0 Å². The van der Waals surface area contributed by atoms with Crippen LogP contribution in [0.1, 0.15) is 203 Å². The molecular weight excluding hydrogens is 484 g/mol. The smallest absolute Gasteiger partial charge is 0.0128 e. The first-order valence-corrected chi connectivity index (χ1v) is 18.2. The van der Waals surface area contributed by atoms with Crippen LogP contribution in [0.4, 0.5) is 0 Å². The maximum atomic E-state index is 3.54. The Balaban J connectivity index is -0.000000189. The summed E-state index contributed by atoms with van der Waals surface area (Å²) in [4.78, 5) is 0. The highest BCUT2D eigenvalue weighted by Gasteiger charge is 1.98. The summed E-state index contributed by atoms with van der Waals surface area (Å²) in [7, 11) is 0. The normalized spacial score (nSPS) is 9.72. The van der Waals surface area contributed by atoms with Gasteiger partial charge in [0.2, 0.25) is 0 Å². The molecule has 0 heterocycles. The third-order valence-electron chi connectivity index (χ3n) is 6.70. The molecule has 0 aromatic carbocycles. The Kier molecular flexibility index (Phi) is 71.3. The molecule has 0 rings (SSSR count). The Morgan fingerprint density at radius 2 is 0.725 bits per heavy atom. The lowest BCUT2D eigenvalue weighted by molar-refractivity contribution is 0.196. The molecule has 0 fully saturated rings. The Hall–Kier alpha value is -0.600. The van der Waals surface area contributed by atoms with Crippen LogP contribution in [0.5, 0.6) is 0 Å². The Morgan fingerprint density at radius 3 is 0.950 bits per heavy atom. The van der Waals surface area contributed by atoms with Crippen molar-refractivity contribution in [2.45, 2.75) is 203 Å². The van der Waals surface area contributed by atoms with Crippen LogP contribution < -0.4 is 5.43 Å². The fourth-order valence-corrected chi connectivity index (χ4v) is 4.38. The van der Waals surface area contributed by atoms with E-state index >= 15 is 0 Å². The second-order valence-electron chi connectivity index (χ2n) is 10.6. The van der Waals surface area contributed by atoms with Crippen LogP contribution in [0.2, 0.25) is 0 Å². The maximum absolute atomic E-state index is 3.54. The van der Waals surface area contributed by atoms with Crippen LogP contribution in [0.3, 0.4) is 0 Å². The molecule has 0 aromatic rings. The minimum absolute atomic E-state index is 1.12. The summed E-state index contributed by atoms with van der Waals surface area (Å²) in [5.41, 5.74) is 3.54. The predicted molar refractivity (Wildman–Crippen MR) is 193 cm³/mol. The SMILES string of the molecule is C=C.C=CC.CC.CCCCCCCCCCC.CCCCCCCCCCCCCCCNN(CC)CCC. The number of nitrogens with one attached hydrogen (secondary N) is 1. The summed E-state index contributed by atoms with van der Waals surface area (Å²) in [6.45, 7) is 30.0. The van der Waals surface area contributed by atoms with Crippen LogP contribution in [0, 0.1) is 0 Å². The van der Waals surface area contributed by atoms with E-state index < -0.39 is 0 Å². The molecule has 1 N–H and O–H groups in total. The molecule has 0 bridgehead atoms. The topological polar surface area (TPSA) is 15.3 Å². The van der Waals surface area contributed by atoms with Crippen LogP contribution in [-0.4, -0.2) is 24.6 Å². The summed E-state index contributed by atoms with van der Waals surface area (Å²) in [5, 5.41) is 2.35. The van der Waals surface area contributed by atoms with Crippen molar-refractivity contribution in [3.8, 4) is 0 Å². The van der Waals surface area contributed by atoms with Crippen LogP contribution in [-0.2, 0) is 0 Å². The van der Waals surface area contributed by atoms with Crippen LogP contribution in [0.15, 0.2) is 25.8 Å². The largest absolute Gasteiger partial charge is 0.255 e. The third kappa shape index (κ3) is 61.4. The number of allylic oxidation sites excluding steroid dienone is 1. The average Bonchev–Trinajstić information content (AvgIpc) is 2.99. The summed E-state index contributed by atoms with van der Waals surface area (Å²) in [6, 6.07) is 0. The van der Waals surface area contributed by atoms with Gasteiger partial charge in [-0.25, -0.2) is 5.01 Å². The Bertz CT molecular complexity index is 347. The zero-order valence-corrected chi connectivity index (χ0v) is 30.0. The zero-order valence-electron chi connectivity index (χ0n) is 30.0. The second kappa shape index (κ2) is 58.1. The van der Waals surface area contributed by atoms with Gasteiger partial charge in [0.25, 0.3) is 0 Å². The van der Waals surface area contributed by atoms with Gasteiger partial charge in [-0.05, 0) is 19.8 Å². The lowest BCUT2D eigenvalue weighted by atomic mass is 10.0. The number of hydrazine groups is 1. The molecule has 0 spiro atoms. The number of unbranched alkanes of at least 4 members (excludes halogenated alkanes) is 20. The third-order valence-corrected chi connectivity index (χ3v) is 6.70. The van der Waals surface area contributed by atoms with Gasteiger partial charge in [0, 0.05) is 19.6 Å². The van der Waals surface area contributed by atoms with Gasteiger partial charge >= 0.3 is 0 Å². The fourth-order valence-electron chi connectivity index (χ4n) is 4.38. The first-order chi connectivity index (χ1) is 19.7. The highest BCUT2D eigenvalue weighted by atomic mass is 15.5. The molecule has 0 saturated carbocycles. The average molecular weight is 569 g/mol. The van der Waals surface area contributed by atoms with E-state index in [0.717, 1.165) is 13.1 Å². The van der Waals surface area contributed by atoms with Crippen molar-refractivity contribution in [2.75, 3.05) is 19.6 Å². The lowest BCUT2D eigenvalue weighted by Gasteiger charge is -2.20. The monoisotopic (exact) mass is 569 g/mol. The van der Waals surface area contributed by atoms with E-state index in [9.17, 15) is 0 Å². The maximum Gasteiger partial charge on any atom is 0.0128 e. The summed E-state index contributed by atoms with van der Waals surface area (Å²) in [6.07, 6.45) is 34.6. The molecule has 2 heteroatoms. The van der Waals surface area contributed by atoms with E-state index in [4.69, 9.17) is 0 Å². The van der Waals surface area contributed by atoms with Crippen molar-refractivity contribution >= 4 is 0 Å². The minimum atomic E-state index is 1.12. The van der Waals surface area contributed by atoms with Crippen molar-refractivity contribution in [1.82, 2.24) is 10.4 Å². The van der Waals surface area contributed by atoms with Crippen molar-refractivity contribution in [3.63, 3.8) is 0 Å². The number of rotatable bonds is 26. The number of hydrogen-bond donors (Lipinski definition) is 1. The molecule has 246 valence electrons. The standard InChI is InChI=1S/C20H44N2.C11H24.C3H6.C2H6.C2H4/c1-4-7-8-9-10-11-12-13-14-15-16-17-18-19-21-22(6-3)20-5-2;1-3-5-7-9-11-10-8-6-4-2;1-3-2;2*1-2/h21H,4-20H2,1-3H3;3-11H2,1-2H3;3H,1H2,2H3;1-2H3;1-2H2. The molecule has 2 nitrogen and oxygen atoms in total. The number of nitrogens with zero attached hydrogens (tertiary/aromatic N) is 1. The molecule has 0 aromatic heterocycles. The van der Waals surface area contributed by atoms with Gasteiger partial charge in [0.05, 0.1) is 0 Å². The zero-order chi connectivity index (χ0) is 31.4. The molecule has 0 aliphatic heterocycles. The molecule has 40 heavy (non-hydrogen) atoms. The van der Waals surface area contributed by atoms with Crippen LogP contribution in [0.25, 0.3) is 0 Å². The lowest BCUT2D eigenvalue weighted by Crippen LogP contribution is -2.38. The summed E-state index contributed by atoms with van der Waals surface area (Å²) >= 11 is 0. The number of hydrogen-bond acceptors (Lipinski definition) is 2. The van der Waals surface area contributed by atoms with E-state index in [1.807, 2.05) is 20.8 Å². The van der Waals surface area contributed by atoms with E-state index in [2.05, 4.69) is 64.8 Å². The van der Waals surface area contributed by atoms with Gasteiger partial charge in [-0.2, -0.15) is 0 Å². The predicted octanol–water partition coefficient (Wildman–Crippen LogP) is 13.9. The first-order valence-electron chi connectivity index (χ1n) is 18.2. The van der Waals surface area contributed by atoms with Crippen LogP contribution >= 0.6 is 0 Å². The van der Waals surface area contributed by atoms with Gasteiger partial charge in [-0.3, -0.25) is 5.43 Å². The molecule has 0 amide bonds. The second-order valence-corrected chi connectivity index (χ2v) is 10.6. The molecular formula is C38H84N2. The summed E-state index contributed by atoms with van der Waals surface area (Å²) in [5.74, 6) is 0. The van der Waals surface area contributed by atoms with Gasteiger partial charge < -0.3 is 0 Å². The van der Waals surface area contributed by atoms with Crippen molar-refractivity contribution in [3.05, 3.63) is 25.8 Å². The molecule has 0 aliphatic carbocycles. The highest BCUT2D eigenvalue weighted by Crippen LogP contribution is 2.12. The van der Waals surface area contributed by atoms with E-state index in [1.54, 1.807) is 6.08 Å². The molecule has 0 atom stereocenters. The molecule has 0 unspecified atom stereocenters. The fraction of sp³-hybridized carbons (Fsp3) is 0.895. The molecule has 0 radical (unpaired) electrons. The quantitative estimate of drug-likeness (QED) is 0.0634. The van der Waals surface area contributed by atoms with Crippen molar-refractivity contribution < 1.29 is 0 Å². The first kappa shape index (κ1) is 49.1. The summed E-state index contributed by atoms with van der Waals surface area (Å²) < 4.78 is 0. The van der Waals surface area contributed by atoms with Crippen molar-refractivity contribution in [1.29, 1.82) is 0 Å². The molecule has 0 aliphatic rings. The van der Waals surface area contributed by atoms with Gasteiger partial charge in [-0.15, -0.1) is 19.7 Å². The Labute approximate surface area is 258 Å². The van der Waals surface area contributed by atoms with E-state index in [0.29, 0.717) is 0 Å². The van der Waals surface area contributed by atoms with Gasteiger partial charge in [0.1, 0.15) is 0 Å². The Morgan fingerprint density at radius 1 is 0.475 bits per heavy atom. The van der Waals surface area contributed by atoms with Crippen molar-refractivity contribution in [2.24, 2.45) is 0 Å². The van der Waals surface area contributed by atoms with E-state index in [1.165, 1.54) is 154 Å². The highest BCUT2D eigenvalue weighted by molar-refractivity contribution is 4.52. The molecule has 0 saturated heterocycles.